The standard InChI is InChI=1S/C12H12/c1-2-10-7-5-8-11-6-3-4-9-12(10)11/h3-9H,2H2,1H3/i9D. The molecule has 0 amide bonds. The van der Waals surface area contributed by atoms with Crippen LogP contribution in [0.5, 0.6) is 0 Å². The van der Waals surface area contributed by atoms with Gasteiger partial charge in [-0.05, 0) is 22.8 Å². The molecule has 0 heterocycles. The topological polar surface area (TPSA) is 0 Å². The van der Waals surface area contributed by atoms with E-state index in [1.165, 1.54) is 10.9 Å². The van der Waals surface area contributed by atoms with Crippen molar-refractivity contribution in [2.45, 2.75) is 13.3 Å². The van der Waals surface area contributed by atoms with Crippen molar-refractivity contribution < 1.29 is 1.37 Å². The largest absolute Gasteiger partial charge is 0.0629 e. The van der Waals surface area contributed by atoms with Crippen LogP contribution in [0.3, 0.4) is 0 Å². The monoisotopic (exact) mass is 157 g/mol. The molecule has 0 spiro atoms. The quantitative estimate of drug-likeness (QED) is 0.595. The van der Waals surface area contributed by atoms with Gasteiger partial charge in [-0.15, -0.1) is 0 Å². The number of fused-ring (bicyclic) bond motifs is 1. The molecule has 0 aliphatic carbocycles. The fraction of sp³-hybridized carbons (Fsp3) is 0.167. The van der Waals surface area contributed by atoms with Crippen LogP contribution >= 0.6 is 0 Å². The molecule has 0 atom stereocenters. The Balaban J connectivity index is 2.87. The van der Waals surface area contributed by atoms with Crippen molar-refractivity contribution >= 4 is 10.8 Å². The zero-order chi connectivity index (χ0) is 9.26. The third-order valence-corrected chi connectivity index (χ3v) is 2.16. The van der Waals surface area contributed by atoms with Gasteiger partial charge < -0.3 is 0 Å². The van der Waals surface area contributed by atoms with Crippen LogP contribution in [0.15, 0.2) is 42.4 Å². The first kappa shape index (κ1) is 6.24. The molecule has 0 aliphatic heterocycles. The Hall–Kier alpha value is -1.30. The third kappa shape index (κ3) is 1.10. The molecule has 60 valence electrons. The second-order valence-electron chi connectivity index (χ2n) is 2.91. The average molecular weight is 157 g/mol. The summed E-state index contributed by atoms with van der Waals surface area (Å²) in [6, 6.07) is 12.7. The molecule has 0 radical (unpaired) electrons. The van der Waals surface area contributed by atoms with Gasteiger partial charge in [-0.1, -0.05) is 49.4 Å². The minimum absolute atomic E-state index is 0.634. The number of aryl methyl sites for hydroxylation is 1. The molecule has 0 saturated heterocycles. The van der Waals surface area contributed by atoms with Gasteiger partial charge in [0.1, 0.15) is 0 Å². The van der Waals surface area contributed by atoms with E-state index < -0.39 is 0 Å². The predicted octanol–water partition coefficient (Wildman–Crippen LogP) is 3.40. The lowest BCUT2D eigenvalue weighted by Gasteiger charge is -2.02. The van der Waals surface area contributed by atoms with Crippen LogP contribution in [0.1, 0.15) is 13.9 Å². The Labute approximate surface area is 74.2 Å². The van der Waals surface area contributed by atoms with Crippen LogP contribution in [0.25, 0.3) is 10.8 Å². The van der Waals surface area contributed by atoms with Crippen LogP contribution in [-0.4, -0.2) is 0 Å². The van der Waals surface area contributed by atoms with E-state index in [9.17, 15) is 0 Å². The van der Waals surface area contributed by atoms with Crippen LogP contribution < -0.4 is 0 Å². The molecule has 0 unspecified atom stereocenters. The maximum Gasteiger partial charge on any atom is 0.0629 e. The van der Waals surface area contributed by atoms with Gasteiger partial charge in [0.2, 0.25) is 0 Å². The van der Waals surface area contributed by atoms with Crippen molar-refractivity contribution in [2.75, 3.05) is 0 Å². The van der Waals surface area contributed by atoms with E-state index in [1.807, 2.05) is 12.1 Å². The molecule has 0 heteroatoms. The van der Waals surface area contributed by atoms with Gasteiger partial charge in [0.15, 0.2) is 0 Å². The normalized spacial score (nSPS) is 11.6. The fourth-order valence-electron chi connectivity index (χ4n) is 1.51. The van der Waals surface area contributed by atoms with E-state index in [1.54, 1.807) is 0 Å². The highest BCUT2D eigenvalue weighted by Gasteiger charge is 1.95. The fourth-order valence-corrected chi connectivity index (χ4v) is 1.51. The van der Waals surface area contributed by atoms with Gasteiger partial charge in [-0.2, -0.15) is 0 Å². The SMILES string of the molecule is [2H]c1cccc2cccc(CC)c12. The Morgan fingerprint density at radius 3 is 2.83 bits per heavy atom. The maximum absolute atomic E-state index is 7.81. The molecule has 0 N–H and O–H groups in total. The van der Waals surface area contributed by atoms with Gasteiger partial charge in [-0.3, -0.25) is 0 Å². The van der Waals surface area contributed by atoms with Gasteiger partial charge in [0.05, 0.1) is 1.37 Å². The zero-order valence-corrected chi connectivity index (χ0v) is 7.17. The van der Waals surface area contributed by atoms with E-state index in [0.29, 0.717) is 6.04 Å². The van der Waals surface area contributed by atoms with E-state index in [0.717, 1.165) is 11.8 Å². The molecule has 0 saturated carbocycles. The summed E-state index contributed by atoms with van der Waals surface area (Å²) in [4.78, 5) is 0. The number of rotatable bonds is 1. The number of benzene rings is 2. The highest BCUT2D eigenvalue weighted by atomic mass is 14.0. The van der Waals surface area contributed by atoms with E-state index in [2.05, 4.69) is 31.2 Å². The summed E-state index contributed by atoms with van der Waals surface area (Å²) in [6.07, 6.45) is 0.993. The third-order valence-electron chi connectivity index (χ3n) is 2.16. The van der Waals surface area contributed by atoms with Crippen molar-refractivity contribution in [1.82, 2.24) is 0 Å². The second kappa shape index (κ2) is 2.98. The molecule has 12 heavy (non-hydrogen) atoms. The van der Waals surface area contributed by atoms with Gasteiger partial charge >= 0.3 is 0 Å². The molecular weight excluding hydrogens is 144 g/mol. The molecule has 2 rings (SSSR count). The van der Waals surface area contributed by atoms with Crippen molar-refractivity contribution in [3.63, 3.8) is 0 Å². The molecule has 0 nitrogen and oxygen atoms in total. The summed E-state index contributed by atoms with van der Waals surface area (Å²) >= 11 is 0. The first-order valence-electron chi connectivity index (χ1n) is 4.80. The summed E-state index contributed by atoms with van der Waals surface area (Å²) in [5, 5.41) is 2.28. The summed E-state index contributed by atoms with van der Waals surface area (Å²) in [5.41, 5.74) is 1.27. The number of hydrogen-bond donors (Lipinski definition) is 0. The minimum Gasteiger partial charge on any atom is -0.0616 e. The lowest BCUT2D eigenvalue weighted by molar-refractivity contribution is 1.16. The lowest BCUT2D eigenvalue weighted by atomic mass is 10.0. The molecule has 0 aliphatic rings. The first-order chi connectivity index (χ1) is 6.33. The first-order valence-corrected chi connectivity index (χ1v) is 4.30. The van der Waals surface area contributed by atoms with E-state index in [4.69, 9.17) is 1.37 Å². The highest BCUT2D eigenvalue weighted by molar-refractivity contribution is 5.85. The average Bonchev–Trinajstić information content (AvgIpc) is 2.17. The summed E-state index contributed by atoms with van der Waals surface area (Å²) < 4.78 is 7.81. The number of hydrogen-bond acceptors (Lipinski definition) is 0. The maximum atomic E-state index is 7.81. The van der Waals surface area contributed by atoms with Crippen LogP contribution in [0, 0.1) is 0 Å². The second-order valence-corrected chi connectivity index (χ2v) is 2.91. The van der Waals surface area contributed by atoms with Gasteiger partial charge in [0.25, 0.3) is 0 Å². The van der Waals surface area contributed by atoms with Gasteiger partial charge in [0, 0.05) is 0 Å². The van der Waals surface area contributed by atoms with E-state index in [-0.39, 0.29) is 0 Å². The van der Waals surface area contributed by atoms with Crippen molar-refractivity contribution in [3.05, 3.63) is 48.0 Å². The molecule has 2 aromatic carbocycles. The van der Waals surface area contributed by atoms with Crippen molar-refractivity contribution in [1.29, 1.82) is 0 Å². The summed E-state index contributed by atoms with van der Waals surface area (Å²) in [7, 11) is 0. The zero-order valence-electron chi connectivity index (χ0n) is 8.17. The summed E-state index contributed by atoms with van der Waals surface area (Å²) in [5.74, 6) is 0. The lowest BCUT2D eigenvalue weighted by Crippen LogP contribution is -1.81. The van der Waals surface area contributed by atoms with E-state index >= 15 is 0 Å². The molecule has 0 aromatic heterocycles. The Morgan fingerprint density at radius 2 is 2.00 bits per heavy atom. The van der Waals surface area contributed by atoms with Crippen LogP contribution in [0.2, 0.25) is 0 Å². The molecule has 0 fully saturated rings. The van der Waals surface area contributed by atoms with Gasteiger partial charge in [-0.25, -0.2) is 0 Å². The van der Waals surface area contributed by atoms with Crippen molar-refractivity contribution in [3.8, 4) is 0 Å². The van der Waals surface area contributed by atoms with Crippen LogP contribution in [0.4, 0.5) is 0 Å². The van der Waals surface area contributed by atoms with Crippen molar-refractivity contribution in [2.24, 2.45) is 0 Å². The highest BCUT2D eigenvalue weighted by Crippen LogP contribution is 2.18. The van der Waals surface area contributed by atoms with Crippen LogP contribution in [-0.2, 0) is 6.42 Å². The smallest absolute Gasteiger partial charge is 0.0616 e. The Bertz CT molecular complexity index is 427. The summed E-state index contributed by atoms with van der Waals surface area (Å²) in [6.45, 7) is 2.13. The Morgan fingerprint density at radius 1 is 1.17 bits per heavy atom. The minimum atomic E-state index is 0.634. The molecular formula is C12H12. The Kier molecular flexibility index (Phi) is 1.55. The predicted molar refractivity (Wildman–Crippen MR) is 53.3 cm³/mol. The molecule has 2 aromatic rings. The molecule has 0 bridgehead atoms.